The lowest BCUT2D eigenvalue weighted by atomic mass is 10.1. The largest absolute Gasteiger partial charge is 0.450 e. The third-order valence-corrected chi connectivity index (χ3v) is 6.08. The number of rotatable bonds is 5. The van der Waals surface area contributed by atoms with Crippen LogP contribution < -0.4 is 0 Å². The normalized spacial score (nSPS) is 20.5. The lowest BCUT2D eigenvalue weighted by Crippen LogP contribution is -2.60. The van der Waals surface area contributed by atoms with Gasteiger partial charge in [-0.1, -0.05) is 29.3 Å². The molecule has 0 radical (unpaired) electrons. The first kappa shape index (κ1) is 21.2. The van der Waals surface area contributed by atoms with E-state index in [4.69, 9.17) is 27.9 Å². The predicted octanol–water partition coefficient (Wildman–Crippen LogP) is 3.30. The molecule has 2 saturated heterocycles. The predicted molar refractivity (Wildman–Crippen MR) is 110 cm³/mol. The minimum absolute atomic E-state index is 0.0356. The van der Waals surface area contributed by atoms with Gasteiger partial charge in [0.1, 0.15) is 0 Å². The van der Waals surface area contributed by atoms with Crippen molar-refractivity contribution in [3.8, 4) is 0 Å². The summed E-state index contributed by atoms with van der Waals surface area (Å²) < 4.78 is 5.16. The topological polar surface area (TPSA) is 53.1 Å². The van der Waals surface area contributed by atoms with E-state index in [-0.39, 0.29) is 24.5 Å². The first-order valence-electron chi connectivity index (χ1n) is 9.85. The Hall–Kier alpha value is -1.50. The van der Waals surface area contributed by atoms with E-state index < -0.39 is 0 Å². The fourth-order valence-corrected chi connectivity index (χ4v) is 4.23. The van der Waals surface area contributed by atoms with Gasteiger partial charge in [-0.2, -0.15) is 0 Å². The third-order valence-electron chi connectivity index (χ3n) is 5.34. The molecular weight excluding hydrogens is 401 g/mol. The molecule has 2 aliphatic heterocycles. The Balaban J connectivity index is 1.69. The summed E-state index contributed by atoms with van der Waals surface area (Å²) in [6, 6.07) is 5.25. The molecule has 0 spiro atoms. The molecule has 2 aliphatic rings. The quantitative estimate of drug-likeness (QED) is 0.722. The average Bonchev–Trinajstić information content (AvgIpc) is 3.18. The van der Waals surface area contributed by atoms with Crippen LogP contribution in [0.4, 0.5) is 4.79 Å². The highest BCUT2D eigenvalue weighted by Crippen LogP contribution is 2.24. The molecule has 0 saturated carbocycles. The Morgan fingerprint density at radius 3 is 2.54 bits per heavy atom. The van der Waals surface area contributed by atoms with Crippen molar-refractivity contribution in [3.05, 3.63) is 33.8 Å². The highest BCUT2D eigenvalue weighted by atomic mass is 35.5. The number of halogens is 2. The van der Waals surface area contributed by atoms with Crippen LogP contribution in [0.3, 0.4) is 0 Å². The fraction of sp³-hybridized carbons (Fsp3) is 0.600. The van der Waals surface area contributed by atoms with E-state index in [9.17, 15) is 9.59 Å². The number of piperazine rings is 1. The van der Waals surface area contributed by atoms with Crippen molar-refractivity contribution >= 4 is 35.2 Å². The van der Waals surface area contributed by atoms with Gasteiger partial charge in [0.25, 0.3) is 0 Å². The molecule has 0 bridgehead atoms. The van der Waals surface area contributed by atoms with Gasteiger partial charge in [-0.05, 0) is 50.6 Å². The van der Waals surface area contributed by atoms with E-state index in [1.165, 1.54) is 12.8 Å². The molecule has 0 N–H and O–H groups in total. The lowest BCUT2D eigenvalue weighted by Gasteiger charge is -2.42. The minimum Gasteiger partial charge on any atom is -0.450 e. The Morgan fingerprint density at radius 2 is 1.86 bits per heavy atom. The van der Waals surface area contributed by atoms with Gasteiger partial charge < -0.3 is 19.4 Å². The second-order valence-electron chi connectivity index (χ2n) is 7.32. The van der Waals surface area contributed by atoms with E-state index in [2.05, 4.69) is 4.90 Å². The average molecular weight is 428 g/mol. The van der Waals surface area contributed by atoms with Crippen LogP contribution in [-0.4, -0.2) is 78.6 Å². The summed E-state index contributed by atoms with van der Waals surface area (Å²) in [5.74, 6) is 0.0473. The molecule has 6 nitrogen and oxygen atoms in total. The summed E-state index contributed by atoms with van der Waals surface area (Å²) in [5, 5.41) is 0.931. The molecule has 3 rings (SSSR count). The molecule has 2 fully saturated rings. The second kappa shape index (κ2) is 9.81. The summed E-state index contributed by atoms with van der Waals surface area (Å²) in [5.41, 5.74) is 0.840. The maximum absolute atomic E-state index is 13.0. The Bertz CT molecular complexity index is 710. The van der Waals surface area contributed by atoms with Crippen molar-refractivity contribution in [2.45, 2.75) is 32.2 Å². The Labute approximate surface area is 176 Å². The van der Waals surface area contributed by atoms with E-state index in [0.29, 0.717) is 36.3 Å². The molecule has 1 aromatic rings. The maximum Gasteiger partial charge on any atom is 0.409 e. The fourth-order valence-electron chi connectivity index (χ4n) is 3.91. The van der Waals surface area contributed by atoms with Gasteiger partial charge in [0.15, 0.2) is 0 Å². The van der Waals surface area contributed by atoms with Crippen LogP contribution >= 0.6 is 23.2 Å². The Morgan fingerprint density at radius 1 is 1.11 bits per heavy atom. The zero-order valence-corrected chi connectivity index (χ0v) is 17.7. The molecule has 8 heteroatoms. The highest BCUT2D eigenvalue weighted by molar-refractivity contribution is 6.42. The molecule has 0 aliphatic carbocycles. The molecular formula is C20H27Cl2N3O3. The first-order chi connectivity index (χ1) is 13.5. The number of amides is 2. The van der Waals surface area contributed by atoms with Crippen molar-refractivity contribution in [3.63, 3.8) is 0 Å². The van der Waals surface area contributed by atoms with Gasteiger partial charge in [0.2, 0.25) is 5.91 Å². The lowest BCUT2D eigenvalue weighted by molar-refractivity contribution is -0.135. The van der Waals surface area contributed by atoms with Crippen LogP contribution in [0.15, 0.2) is 18.2 Å². The van der Waals surface area contributed by atoms with Crippen LogP contribution in [0.2, 0.25) is 10.0 Å². The second-order valence-corrected chi connectivity index (χ2v) is 8.13. The number of hydrogen-bond acceptors (Lipinski definition) is 4. The van der Waals surface area contributed by atoms with Crippen molar-refractivity contribution in [1.29, 1.82) is 0 Å². The minimum atomic E-state index is -0.300. The van der Waals surface area contributed by atoms with Gasteiger partial charge >= 0.3 is 6.09 Å². The van der Waals surface area contributed by atoms with Gasteiger partial charge in [0, 0.05) is 26.2 Å². The third kappa shape index (κ3) is 5.31. The highest BCUT2D eigenvalue weighted by Gasteiger charge is 2.34. The number of carbonyl (C=O) groups is 2. The zero-order chi connectivity index (χ0) is 20.1. The molecule has 154 valence electrons. The van der Waals surface area contributed by atoms with Gasteiger partial charge in [-0.3, -0.25) is 4.79 Å². The zero-order valence-electron chi connectivity index (χ0n) is 16.2. The summed E-state index contributed by atoms with van der Waals surface area (Å²) >= 11 is 12.1. The van der Waals surface area contributed by atoms with Crippen LogP contribution in [0.25, 0.3) is 0 Å². The number of nitrogens with zero attached hydrogens (tertiary/aromatic N) is 3. The van der Waals surface area contributed by atoms with Gasteiger partial charge in [-0.15, -0.1) is 0 Å². The number of hydrogen-bond donors (Lipinski definition) is 0. The number of carbonyl (C=O) groups excluding carboxylic acids is 2. The summed E-state index contributed by atoms with van der Waals surface area (Å²) in [4.78, 5) is 31.2. The van der Waals surface area contributed by atoms with E-state index in [1.54, 1.807) is 24.0 Å². The van der Waals surface area contributed by atoms with Crippen molar-refractivity contribution in [2.24, 2.45) is 0 Å². The van der Waals surface area contributed by atoms with Crippen molar-refractivity contribution in [2.75, 3.05) is 45.9 Å². The van der Waals surface area contributed by atoms with Crippen molar-refractivity contribution in [1.82, 2.24) is 14.7 Å². The van der Waals surface area contributed by atoms with E-state index in [0.717, 1.165) is 25.2 Å². The summed E-state index contributed by atoms with van der Waals surface area (Å²) in [6.07, 6.45) is 2.34. The summed E-state index contributed by atoms with van der Waals surface area (Å²) in [6.45, 7) is 6.53. The number of likely N-dealkylation sites (tertiary alicyclic amines) is 1. The first-order valence-corrected chi connectivity index (χ1v) is 10.6. The van der Waals surface area contributed by atoms with Crippen LogP contribution in [0.5, 0.6) is 0 Å². The number of ether oxygens (including phenoxy) is 1. The van der Waals surface area contributed by atoms with Crippen LogP contribution in [0, 0.1) is 0 Å². The SMILES string of the molecule is CCOC(=O)N1CCN(C(=O)Cc2ccc(Cl)c(Cl)c2)[C@H](CN2CCCC2)C1. The monoisotopic (exact) mass is 427 g/mol. The molecule has 1 aromatic carbocycles. The molecule has 0 unspecified atom stereocenters. The number of benzene rings is 1. The van der Waals surface area contributed by atoms with Crippen LogP contribution in [0.1, 0.15) is 25.3 Å². The van der Waals surface area contributed by atoms with Gasteiger partial charge in [-0.25, -0.2) is 4.79 Å². The van der Waals surface area contributed by atoms with E-state index >= 15 is 0 Å². The smallest absolute Gasteiger partial charge is 0.409 e. The maximum atomic E-state index is 13.0. The van der Waals surface area contributed by atoms with Crippen molar-refractivity contribution < 1.29 is 14.3 Å². The Kier molecular flexibility index (Phi) is 7.43. The van der Waals surface area contributed by atoms with Crippen LogP contribution in [-0.2, 0) is 16.0 Å². The molecule has 2 heterocycles. The summed E-state index contributed by atoms with van der Waals surface area (Å²) in [7, 11) is 0. The molecule has 1 atom stereocenters. The standard InChI is InChI=1S/C20H27Cl2N3O3/c1-2-28-20(27)24-9-10-25(16(14-24)13-23-7-3-4-8-23)19(26)12-15-5-6-17(21)18(22)11-15/h5-6,11,16H,2-4,7-10,12-14H2,1H3/t16-/m1/s1. The van der Waals surface area contributed by atoms with E-state index in [1.807, 2.05) is 11.0 Å². The molecule has 28 heavy (non-hydrogen) atoms. The van der Waals surface area contributed by atoms with Gasteiger partial charge in [0.05, 0.1) is 29.1 Å². The molecule has 0 aromatic heterocycles. The molecule has 2 amide bonds.